The molecule has 0 aliphatic carbocycles. The van der Waals surface area contributed by atoms with Crippen LogP contribution in [0.4, 0.5) is 17.8 Å². The van der Waals surface area contributed by atoms with Gasteiger partial charge >= 0.3 is 23.9 Å². The second-order valence-electron chi connectivity index (χ2n) is 27.6. The Hall–Kier alpha value is -3.83. The molecule has 96 heavy (non-hydrogen) atoms. The molecule has 1 aromatic heterocycles. The Morgan fingerprint density at radius 3 is 0.656 bits per heavy atom. The summed E-state index contributed by atoms with van der Waals surface area (Å²) in [5.41, 5.74) is 0. The first kappa shape index (κ1) is 90.2. The molecular formula is C79H152N8O9. The van der Waals surface area contributed by atoms with Gasteiger partial charge in [0.15, 0.2) is 0 Å². The summed E-state index contributed by atoms with van der Waals surface area (Å²) >= 11 is 0. The molecule has 1 rings (SSSR count). The molecule has 4 N–H and O–H groups in total. The molecule has 562 valence electrons. The molecule has 0 aromatic carbocycles. The fraction of sp³-hybridized carbons (Fsp3) is 0.911. The molecular weight excluding hydrogens is 1200 g/mol. The van der Waals surface area contributed by atoms with Crippen molar-refractivity contribution in [2.24, 2.45) is 0 Å². The van der Waals surface area contributed by atoms with E-state index >= 15 is 0 Å². The van der Waals surface area contributed by atoms with Crippen molar-refractivity contribution in [3.05, 3.63) is 0 Å². The van der Waals surface area contributed by atoms with Gasteiger partial charge in [0, 0.05) is 45.8 Å². The zero-order chi connectivity index (χ0) is 69.4. The number of carbonyl (C=O) groups is 4. The Morgan fingerprint density at radius 2 is 0.458 bits per heavy atom. The second kappa shape index (κ2) is 72.4. The topological polar surface area (TPSA) is 207 Å². The van der Waals surface area contributed by atoms with Crippen molar-refractivity contribution in [1.82, 2.24) is 24.8 Å². The van der Waals surface area contributed by atoms with Crippen LogP contribution in [0.25, 0.3) is 0 Å². The van der Waals surface area contributed by atoms with E-state index in [4.69, 9.17) is 23.9 Å². The minimum Gasteiger partial charge on any atom is -0.466 e. The molecule has 17 nitrogen and oxygen atoms in total. The maximum atomic E-state index is 13.0. The highest BCUT2D eigenvalue weighted by Gasteiger charge is 2.16. The first-order valence-corrected chi connectivity index (χ1v) is 40.9. The van der Waals surface area contributed by atoms with Crippen molar-refractivity contribution in [2.45, 2.75) is 374 Å². The van der Waals surface area contributed by atoms with Gasteiger partial charge in [0.2, 0.25) is 17.8 Å². The Kier molecular flexibility index (Phi) is 68.0. The van der Waals surface area contributed by atoms with Gasteiger partial charge in [0.05, 0.1) is 58.7 Å². The minimum atomic E-state index is -0.211. The Morgan fingerprint density at radius 1 is 0.271 bits per heavy atom. The molecule has 0 aliphatic rings. The molecule has 0 unspecified atom stereocenters. The van der Waals surface area contributed by atoms with Crippen LogP contribution >= 0.6 is 0 Å². The number of carbonyl (C=O) groups excluding carboxylic acids is 4. The molecule has 0 bridgehead atoms. The number of esters is 4. The summed E-state index contributed by atoms with van der Waals surface area (Å²) in [5, 5.41) is 19.4. The number of aromatic nitrogens is 3. The standard InChI is InChI=1S/C79H152N8O9/c1-5-9-13-17-21-25-29-33-37-41-45-49-69-93-73(89)55-64-86(65-56-74(90)94-70-50-46-42-38-34-30-26-22-18-14-10-6-2)62-53-59-80-77-83-78(85-79(84-77)82-61-68-88)81-60-54-63-87(66-57-75(91)95-71-51-47-43-39-35-31-27-23-19-15-11-7-3)67-58-76(92)96-72-52-48-44-40-36-32-28-24-20-16-12-8-4/h88H,5-72H2,1-4H3,(H3,80,81,82,83,84,85). The van der Waals surface area contributed by atoms with Gasteiger partial charge in [-0.1, -0.05) is 310 Å². The van der Waals surface area contributed by atoms with E-state index in [1.54, 1.807) is 0 Å². The molecule has 0 spiro atoms. The lowest BCUT2D eigenvalue weighted by molar-refractivity contribution is -0.146. The number of aliphatic hydroxyl groups excluding tert-OH is 1. The summed E-state index contributed by atoms with van der Waals surface area (Å²) in [5.74, 6) is 0.211. The van der Waals surface area contributed by atoms with Crippen LogP contribution in [0.5, 0.6) is 0 Å². The number of hydrogen-bond donors (Lipinski definition) is 4. The Bertz CT molecular complexity index is 1660. The molecule has 17 heteroatoms. The molecule has 0 saturated heterocycles. The molecule has 0 radical (unpaired) electrons. The highest BCUT2D eigenvalue weighted by molar-refractivity contribution is 5.71. The normalized spacial score (nSPS) is 11.4. The lowest BCUT2D eigenvalue weighted by Crippen LogP contribution is -2.32. The number of ether oxygens (including phenoxy) is 4. The zero-order valence-corrected chi connectivity index (χ0v) is 63.0. The Labute approximate surface area is 589 Å². The van der Waals surface area contributed by atoms with Crippen molar-refractivity contribution < 1.29 is 43.2 Å². The van der Waals surface area contributed by atoms with Crippen LogP contribution in [-0.4, -0.2) is 146 Å². The van der Waals surface area contributed by atoms with E-state index in [1.165, 1.54) is 257 Å². The molecule has 0 saturated carbocycles. The third-order valence-corrected chi connectivity index (χ3v) is 18.5. The van der Waals surface area contributed by atoms with Gasteiger partial charge in [0.25, 0.3) is 0 Å². The second-order valence-corrected chi connectivity index (χ2v) is 27.6. The van der Waals surface area contributed by atoms with Crippen LogP contribution in [0.2, 0.25) is 0 Å². The molecule has 1 heterocycles. The highest BCUT2D eigenvalue weighted by Crippen LogP contribution is 2.18. The number of rotatable bonds is 77. The quantitative estimate of drug-likeness (QED) is 0.0272. The Balaban J connectivity index is 2.81. The van der Waals surface area contributed by atoms with E-state index in [0.717, 1.165) is 51.4 Å². The SMILES string of the molecule is CCCCCCCCCCCCCCOC(=O)CCN(CCCNc1nc(NCCO)nc(NCCCN(CCC(=O)OCCCCCCCCCCCCCC)CCC(=O)OCCCCCCCCCCCCCC)n1)CCC(=O)OCCCCCCCCCCCCCC. The minimum absolute atomic E-state index is 0.0946. The maximum Gasteiger partial charge on any atom is 0.307 e. The third-order valence-electron chi connectivity index (χ3n) is 18.5. The molecule has 0 amide bonds. The predicted octanol–water partition coefficient (Wildman–Crippen LogP) is 20.0. The summed E-state index contributed by atoms with van der Waals surface area (Å²) in [6.07, 6.45) is 62.5. The summed E-state index contributed by atoms with van der Waals surface area (Å²) in [4.78, 5) is 70.1. The fourth-order valence-corrected chi connectivity index (χ4v) is 12.3. The number of unbranched alkanes of at least 4 members (excludes halogenated alkanes) is 44. The van der Waals surface area contributed by atoms with E-state index < -0.39 is 0 Å². The van der Waals surface area contributed by atoms with Crippen molar-refractivity contribution in [3.8, 4) is 0 Å². The van der Waals surface area contributed by atoms with Gasteiger partial charge in [-0.3, -0.25) is 19.2 Å². The number of anilines is 3. The van der Waals surface area contributed by atoms with E-state index in [9.17, 15) is 24.3 Å². The first-order chi connectivity index (χ1) is 47.2. The van der Waals surface area contributed by atoms with Gasteiger partial charge in [-0.05, 0) is 51.6 Å². The highest BCUT2D eigenvalue weighted by atomic mass is 16.5. The smallest absolute Gasteiger partial charge is 0.307 e. The summed E-state index contributed by atoms with van der Waals surface area (Å²) in [7, 11) is 0. The lowest BCUT2D eigenvalue weighted by atomic mass is 10.1. The molecule has 0 atom stereocenters. The average molecular weight is 1360 g/mol. The van der Waals surface area contributed by atoms with Crippen LogP contribution < -0.4 is 16.0 Å². The molecule has 0 fully saturated rings. The summed E-state index contributed by atoms with van der Waals surface area (Å²) in [6.45, 7) is 15.2. The van der Waals surface area contributed by atoms with Gasteiger partial charge in [-0.15, -0.1) is 0 Å². The average Bonchev–Trinajstić information content (AvgIpc) is 1.04. The van der Waals surface area contributed by atoms with Gasteiger partial charge < -0.3 is 49.8 Å². The number of nitrogens with one attached hydrogen (secondary N) is 3. The van der Waals surface area contributed by atoms with Crippen LogP contribution in [0.3, 0.4) is 0 Å². The van der Waals surface area contributed by atoms with Crippen LogP contribution in [0.15, 0.2) is 0 Å². The summed E-state index contributed by atoms with van der Waals surface area (Å²) < 4.78 is 22.7. The monoisotopic (exact) mass is 1360 g/mol. The fourth-order valence-electron chi connectivity index (χ4n) is 12.3. The van der Waals surface area contributed by atoms with Crippen molar-refractivity contribution in [2.75, 3.05) is 108 Å². The predicted molar refractivity (Wildman–Crippen MR) is 401 cm³/mol. The zero-order valence-electron chi connectivity index (χ0n) is 63.0. The number of nitrogens with zero attached hydrogens (tertiary/aromatic N) is 5. The van der Waals surface area contributed by atoms with Crippen LogP contribution in [0, 0.1) is 0 Å². The summed E-state index contributed by atoms with van der Waals surface area (Å²) in [6, 6.07) is 0. The van der Waals surface area contributed by atoms with E-state index in [0.29, 0.717) is 109 Å². The van der Waals surface area contributed by atoms with Gasteiger partial charge in [-0.25, -0.2) is 0 Å². The van der Waals surface area contributed by atoms with E-state index in [1.807, 2.05) is 0 Å². The molecule has 0 aliphatic heterocycles. The third kappa shape index (κ3) is 63.6. The van der Waals surface area contributed by atoms with Gasteiger partial charge in [-0.2, -0.15) is 15.0 Å². The first-order valence-electron chi connectivity index (χ1n) is 40.9. The van der Waals surface area contributed by atoms with Crippen LogP contribution in [0.1, 0.15) is 374 Å². The van der Waals surface area contributed by atoms with E-state index in [2.05, 4.69) is 63.4 Å². The van der Waals surface area contributed by atoms with E-state index in [-0.39, 0.29) is 62.7 Å². The lowest BCUT2D eigenvalue weighted by Gasteiger charge is -2.22. The largest absolute Gasteiger partial charge is 0.466 e. The number of hydrogen-bond acceptors (Lipinski definition) is 17. The van der Waals surface area contributed by atoms with Gasteiger partial charge in [0.1, 0.15) is 0 Å². The van der Waals surface area contributed by atoms with Crippen molar-refractivity contribution >= 4 is 41.7 Å². The van der Waals surface area contributed by atoms with Crippen molar-refractivity contribution in [1.29, 1.82) is 0 Å². The van der Waals surface area contributed by atoms with Crippen molar-refractivity contribution in [3.63, 3.8) is 0 Å². The molecule has 1 aromatic rings. The van der Waals surface area contributed by atoms with Crippen LogP contribution in [-0.2, 0) is 38.1 Å². The number of aliphatic hydroxyl groups is 1. The maximum absolute atomic E-state index is 13.0.